The zero-order valence-electron chi connectivity index (χ0n) is 9.35. The van der Waals surface area contributed by atoms with Crippen LogP contribution in [0, 0.1) is 0 Å². The Morgan fingerprint density at radius 3 is 2.44 bits per heavy atom. The summed E-state index contributed by atoms with van der Waals surface area (Å²) in [6.07, 6.45) is 1.64. The number of methoxy groups -OCH3 is 2. The number of halogens is 2. The monoisotopic (exact) mass is 307 g/mol. The minimum absolute atomic E-state index is 0.623. The maximum absolute atomic E-state index is 6.17. The van der Waals surface area contributed by atoms with Crippen molar-refractivity contribution < 1.29 is 9.47 Å². The van der Waals surface area contributed by atoms with Gasteiger partial charge in [-0.15, -0.1) is 0 Å². The largest absolute Gasteiger partial charge is 0.492 e. The second-order valence-electron chi connectivity index (χ2n) is 3.28. The fourth-order valence-corrected chi connectivity index (χ4v) is 2.53. The zero-order valence-corrected chi connectivity index (χ0v) is 11.7. The smallest absolute Gasteiger partial charge is 0.175 e. The SMILES string of the molecule is COc1c(Br)cc(Cl)c(CCCN)c1OC. The summed E-state index contributed by atoms with van der Waals surface area (Å²) in [7, 11) is 3.20. The van der Waals surface area contributed by atoms with E-state index in [1.54, 1.807) is 14.2 Å². The van der Waals surface area contributed by atoms with Crippen LogP contribution in [-0.2, 0) is 6.42 Å². The highest BCUT2D eigenvalue weighted by Crippen LogP contribution is 2.42. The number of ether oxygens (including phenoxy) is 2. The molecule has 0 saturated carbocycles. The van der Waals surface area contributed by atoms with E-state index >= 15 is 0 Å². The molecule has 1 rings (SSSR count). The van der Waals surface area contributed by atoms with Crippen molar-refractivity contribution in [1.82, 2.24) is 0 Å². The zero-order chi connectivity index (χ0) is 12.1. The molecule has 0 bridgehead atoms. The molecule has 2 N–H and O–H groups in total. The predicted octanol–water partition coefficient (Wildman–Crippen LogP) is 3.01. The molecule has 0 amide bonds. The Labute approximate surface area is 109 Å². The van der Waals surface area contributed by atoms with Crippen molar-refractivity contribution in [2.24, 2.45) is 5.73 Å². The molecule has 3 nitrogen and oxygen atoms in total. The van der Waals surface area contributed by atoms with Crippen molar-refractivity contribution in [2.75, 3.05) is 20.8 Å². The molecule has 90 valence electrons. The minimum atomic E-state index is 0.623. The maximum Gasteiger partial charge on any atom is 0.175 e. The second kappa shape index (κ2) is 6.33. The van der Waals surface area contributed by atoms with Gasteiger partial charge >= 0.3 is 0 Å². The molecule has 1 aromatic carbocycles. The van der Waals surface area contributed by atoms with Crippen LogP contribution < -0.4 is 15.2 Å². The fraction of sp³-hybridized carbons (Fsp3) is 0.455. The Morgan fingerprint density at radius 1 is 1.31 bits per heavy atom. The molecule has 0 aliphatic rings. The molecule has 16 heavy (non-hydrogen) atoms. The van der Waals surface area contributed by atoms with Crippen molar-refractivity contribution in [3.8, 4) is 11.5 Å². The fourth-order valence-electron chi connectivity index (χ4n) is 1.54. The van der Waals surface area contributed by atoms with Crippen LogP contribution in [0.1, 0.15) is 12.0 Å². The topological polar surface area (TPSA) is 44.5 Å². The van der Waals surface area contributed by atoms with E-state index in [-0.39, 0.29) is 0 Å². The summed E-state index contributed by atoms with van der Waals surface area (Å²) in [5.41, 5.74) is 6.43. The van der Waals surface area contributed by atoms with Gasteiger partial charge in [0, 0.05) is 10.6 Å². The molecule has 0 spiro atoms. The maximum atomic E-state index is 6.17. The highest BCUT2D eigenvalue weighted by Gasteiger charge is 2.17. The summed E-state index contributed by atoms with van der Waals surface area (Å²) in [6, 6.07) is 1.81. The molecule has 0 atom stereocenters. The average molecular weight is 309 g/mol. The van der Waals surface area contributed by atoms with E-state index in [9.17, 15) is 0 Å². The molecule has 0 aliphatic carbocycles. The molecular weight excluding hydrogens is 293 g/mol. The number of benzene rings is 1. The first-order chi connectivity index (χ1) is 7.65. The number of hydrogen-bond acceptors (Lipinski definition) is 3. The van der Waals surface area contributed by atoms with Crippen LogP contribution in [0.2, 0.25) is 5.02 Å². The Balaban J connectivity index is 3.22. The van der Waals surface area contributed by atoms with Gasteiger partial charge < -0.3 is 15.2 Å². The number of rotatable bonds is 5. The van der Waals surface area contributed by atoms with Crippen molar-refractivity contribution in [1.29, 1.82) is 0 Å². The lowest BCUT2D eigenvalue weighted by Crippen LogP contribution is -2.03. The van der Waals surface area contributed by atoms with Crippen LogP contribution in [0.5, 0.6) is 11.5 Å². The highest BCUT2D eigenvalue weighted by atomic mass is 79.9. The van der Waals surface area contributed by atoms with Gasteiger partial charge in [-0.2, -0.15) is 0 Å². The first kappa shape index (κ1) is 13.6. The summed E-state index contributed by atoms with van der Waals surface area (Å²) in [5, 5.41) is 0.665. The first-order valence-electron chi connectivity index (χ1n) is 4.94. The van der Waals surface area contributed by atoms with E-state index in [4.69, 9.17) is 26.8 Å². The highest BCUT2D eigenvalue weighted by molar-refractivity contribution is 9.10. The van der Waals surface area contributed by atoms with E-state index < -0.39 is 0 Å². The Morgan fingerprint density at radius 2 is 1.94 bits per heavy atom. The van der Waals surface area contributed by atoms with Crippen LogP contribution in [0.15, 0.2) is 10.5 Å². The number of hydrogen-bond donors (Lipinski definition) is 1. The van der Waals surface area contributed by atoms with Crippen molar-refractivity contribution in [3.05, 3.63) is 21.1 Å². The molecule has 0 aromatic heterocycles. The molecule has 0 aliphatic heterocycles. The summed E-state index contributed by atoms with van der Waals surface area (Å²) >= 11 is 9.56. The molecule has 1 aromatic rings. The molecule has 0 saturated heterocycles. The summed E-state index contributed by atoms with van der Waals surface area (Å²) in [6.45, 7) is 0.623. The van der Waals surface area contributed by atoms with Crippen molar-refractivity contribution in [3.63, 3.8) is 0 Å². The Hall–Kier alpha value is -0.450. The van der Waals surface area contributed by atoms with Crippen molar-refractivity contribution >= 4 is 27.5 Å². The minimum Gasteiger partial charge on any atom is -0.492 e. The third kappa shape index (κ3) is 2.81. The Bertz CT molecular complexity index is 371. The van der Waals surface area contributed by atoms with Gasteiger partial charge in [0.15, 0.2) is 11.5 Å². The lowest BCUT2D eigenvalue weighted by Gasteiger charge is -2.15. The summed E-state index contributed by atoms with van der Waals surface area (Å²) in [5.74, 6) is 1.34. The summed E-state index contributed by atoms with van der Waals surface area (Å²) in [4.78, 5) is 0. The molecule has 5 heteroatoms. The van der Waals surface area contributed by atoms with Gasteiger partial charge in [-0.25, -0.2) is 0 Å². The van der Waals surface area contributed by atoms with Gasteiger partial charge in [0.05, 0.1) is 18.7 Å². The molecule has 0 radical (unpaired) electrons. The van der Waals surface area contributed by atoms with E-state index in [0.717, 1.165) is 22.9 Å². The van der Waals surface area contributed by atoms with Crippen LogP contribution in [-0.4, -0.2) is 20.8 Å². The van der Waals surface area contributed by atoms with E-state index in [0.29, 0.717) is 23.1 Å². The predicted molar refractivity (Wildman–Crippen MR) is 69.6 cm³/mol. The van der Waals surface area contributed by atoms with Crippen molar-refractivity contribution in [2.45, 2.75) is 12.8 Å². The third-order valence-electron chi connectivity index (χ3n) is 2.28. The van der Waals surface area contributed by atoms with Gasteiger partial charge in [-0.3, -0.25) is 0 Å². The van der Waals surface area contributed by atoms with Crippen LogP contribution >= 0.6 is 27.5 Å². The third-order valence-corrected chi connectivity index (χ3v) is 3.20. The van der Waals surface area contributed by atoms with Crippen LogP contribution in [0.3, 0.4) is 0 Å². The molecule has 0 fully saturated rings. The molecule has 0 heterocycles. The van der Waals surface area contributed by atoms with Crippen LogP contribution in [0.4, 0.5) is 0 Å². The van der Waals surface area contributed by atoms with E-state index in [1.165, 1.54) is 0 Å². The standard InChI is InChI=1S/C11H15BrClNO2/c1-15-10-7(4-3-5-14)9(13)6-8(12)11(10)16-2/h6H,3-5,14H2,1-2H3. The van der Waals surface area contributed by atoms with Crippen LogP contribution in [0.25, 0.3) is 0 Å². The average Bonchev–Trinajstić information content (AvgIpc) is 2.27. The Kier molecular flexibility index (Phi) is 5.38. The quantitative estimate of drug-likeness (QED) is 0.909. The normalized spacial score (nSPS) is 10.3. The van der Waals surface area contributed by atoms with Gasteiger partial charge in [0.25, 0.3) is 0 Å². The number of nitrogens with two attached hydrogens (primary N) is 1. The first-order valence-corrected chi connectivity index (χ1v) is 6.11. The molecular formula is C11H15BrClNO2. The van der Waals surface area contributed by atoms with E-state index in [2.05, 4.69) is 15.9 Å². The van der Waals surface area contributed by atoms with Gasteiger partial charge in [0.1, 0.15) is 0 Å². The summed E-state index contributed by atoms with van der Waals surface area (Å²) < 4.78 is 11.4. The second-order valence-corrected chi connectivity index (χ2v) is 4.54. The molecule has 0 unspecified atom stereocenters. The lowest BCUT2D eigenvalue weighted by atomic mass is 10.1. The van der Waals surface area contributed by atoms with Gasteiger partial charge in [0.2, 0.25) is 0 Å². The lowest BCUT2D eigenvalue weighted by molar-refractivity contribution is 0.349. The van der Waals surface area contributed by atoms with Gasteiger partial charge in [-0.05, 0) is 41.4 Å². The van der Waals surface area contributed by atoms with Gasteiger partial charge in [-0.1, -0.05) is 11.6 Å². The van der Waals surface area contributed by atoms with E-state index in [1.807, 2.05) is 6.07 Å².